The lowest BCUT2D eigenvalue weighted by Crippen LogP contribution is -2.42. The molecule has 0 radical (unpaired) electrons. The lowest BCUT2D eigenvalue weighted by molar-refractivity contribution is 0.105. The lowest BCUT2D eigenvalue weighted by Gasteiger charge is -2.36. The highest BCUT2D eigenvalue weighted by atomic mass is 16.5. The molecule has 0 aromatic heterocycles. The highest BCUT2D eigenvalue weighted by molar-refractivity contribution is 4.92. The Morgan fingerprint density at radius 3 is 2.67 bits per heavy atom. The van der Waals surface area contributed by atoms with E-state index in [-0.39, 0.29) is 0 Å². The van der Waals surface area contributed by atoms with Gasteiger partial charge in [0.1, 0.15) is 0 Å². The van der Waals surface area contributed by atoms with E-state index in [1.807, 2.05) is 0 Å². The van der Waals surface area contributed by atoms with Crippen LogP contribution in [0.4, 0.5) is 0 Å². The van der Waals surface area contributed by atoms with E-state index in [2.05, 4.69) is 31.1 Å². The highest BCUT2D eigenvalue weighted by Crippen LogP contribution is 2.34. The number of nitrogens with one attached hydrogen (secondary N) is 1. The molecule has 1 aliphatic heterocycles. The lowest BCUT2D eigenvalue weighted by atomic mass is 9.76. The summed E-state index contributed by atoms with van der Waals surface area (Å²) in [6.07, 6.45) is 1.31. The maximum absolute atomic E-state index is 5.11. The van der Waals surface area contributed by atoms with Gasteiger partial charge in [0.15, 0.2) is 0 Å². The summed E-state index contributed by atoms with van der Waals surface area (Å²) in [6, 6.07) is 0. The summed E-state index contributed by atoms with van der Waals surface area (Å²) < 4.78 is 5.11. The third kappa shape index (κ3) is 3.44. The van der Waals surface area contributed by atoms with Crippen molar-refractivity contribution in [2.75, 3.05) is 46.9 Å². The topological polar surface area (TPSA) is 24.5 Å². The molecule has 0 aromatic rings. The van der Waals surface area contributed by atoms with Crippen LogP contribution in [0.1, 0.15) is 20.3 Å². The molecular weight excluding hydrogens is 188 g/mol. The van der Waals surface area contributed by atoms with Gasteiger partial charge in [-0.2, -0.15) is 0 Å². The average Bonchev–Trinajstić information content (AvgIpc) is 2.64. The summed E-state index contributed by atoms with van der Waals surface area (Å²) in [4.78, 5) is 2.40. The number of hydrogen-bond acceptors (Lipinski definition) is 3. The van der Waals surface area contributed by atoms with E-state index >= 15 is 0 Å². The van der Waals surface area contributed by atoms with Crippen LogP contribution in [0.5, 0.6) is 0 Å². The van der Waals surface area contributed by atoms with Gasteiger partial charge >= 0.3 is 0 Å². The molecule has 1 heterocycles. The molecule has 1 rings (SSSR count). The molecule has 1 atom stereocenters. The number of likely N-dealkylation sites (N-methyl/N-ethyl adjacent to an activating group) is 1. The van der Waals surface area contributed by atoms with Gasteiger partial charge in [-0.1, -0.05) is 13.8 Å². The number of ether oxygens (including phenoxy) is 1. The molecule has 1 N–H and O–H groups in total. The second-order valence-electron chi connectivity index (χ2n) is 5.17. The predicted molar refractivity (Wildman–Crippen MR) is 64.1 cm³/mol. The second kappa shape index (κ2) is 5.83. The largest absolute Gasteiger partial charge is 0.383 e. The van der Waals surface area contributed by atoms with Gasteiger partial charge in [-0.05, 0) is 31.3 Å². The van der Waals surface area contributed by atoms with Gasteiger partial charge in [0.25, 0.3) is 0 Å². The van der Waals surface area contributed by atoms with E-state index in [1.54, 1.807) is 7.11 Å². The standard InChI is InChI=1S/C12H26N2O/c1-11(2)12(5-6-13-9-12)10-14(3)7-8-15-4/h11,13H,5-10H2,1-4H3. The van der Waals surface area contributed by atoms with E-state index in [9.17, 15) is 0 Å². The van der Waals surface area contributed by atoms with Crippen LogP contribution in [0, 0.1) is 11.3 Å². The van der Waals surface area contributed by atoms with E-state index in [4.69, 9.17) is 4.74 Å². The van der Waals surface area contributed by atoms with Gasteiger partial charge in [-0.3, -0.25) is 0 Å². The summed E-state index contributed by atoms with van der Waals surface area (Å²) in [6.45, 7) is 10.1. The van der Waals surface area contributed by atoms with E-state index in [0.717, 1.165) is 19.1 Å². The van der Waals surface area contributed by atoms with Gasteiger partial charge in [0.2, 0.25) is 0 Å². The fraction of sp³-hybridized carbons (Fsp3) is 1.00. The Labute approximate surface area is 94.2 Å². The Balaban J connectivity index is 2.44. The first-order valence-electron chi connectivity index (χ1n) is 5.99. The van der Waals surface area contributed by atoms with Crippen molar-refractivity contribution in [2.24, 2.45) is 11.3 Å². The first-order valence-corrected chi connectivity index (χ1v) is 5.99. The number of hydrogen-bond donors (Lipinski definition) is 1. The number of methoxy groups -OCH3 is 1. The van der Waals surface area contributed by atoms with E-state index < -0.39 is 0 Å². The van der Waals surface area contributed by atoms with Crippen LogP contribution in [-0.4, -0.2) is 51.8 Å². The Bertz CT molecular complexity index is 176. The molecule has 15 heavy (non-hydrogen) atoms. The van der Waals surface area contributed by atoms with Crippen molar-refractivity contribution in [3.05, 3.63) is 0 Å². The first-order chi connectivity index (χ1) is 7.10. The van der Waals surface area contributed by atoms with Crippen molar-refractivity contribution in [1.82, 2.24) is 10.2 Å². The third-order valence-corrected chi connectivity index (χ3v) is 3.76. The van der Waals surface area contributed by atoms with Crippen LogP contribution in [0.3, 0.4) is 0 Å². The Hall–Kier alpha value is -0.120. The number of nitrogens with zero attached hydrogens (tertiary/aromatic N) is 1. The molecule has 3 nitrogen and oxygen atoms in total. The molecular formula is C12H26N2O. The Morgan fingerprint density at radius 1 is 1.47 bits per heavy atom. The maximum atomic E-state index is 5.11. The SMILES string of the molecule is COCCN(C)CC1(C(C)C)CCNC1. The molecule has 1 fully saturated rings. The smallest absolute Gasteiger partial charge is 0.0589 e. The highest BCUT2D eigenvalue weighted by Gasteiger charge is 2.37. The van der Waals surface area contributed by atoms with Crippen molar-refractivity contribution < 1.29 is 4.74 Å². The van der Waals surface area contributed by atoms with Gasteiger partial charge in [-0.15, -0.1) is 0 Å². The van der Waals surface area contributed by atoms with Crippen LogP contribution >= 0.6 is 0 Å². The minimum Gasteiger partial charge on any atom is -0.383 e. The fourth-order valence-electron chi connectivity index (χ4n) is 2.44. The minimum absolute atomic E-state index is 0.475. The van der Waals surface area contributed by atoms with Gasteiger partial charge in [0, 0.05) is 26.7 Å². The van der Waals surface area contributed by atoms with Gasteiger partial charge in [-0.25, -0.2) is 0 Å². The zero-order valence-corrected chi connectivity index (χ0v) is 10.7. The molecule has 0 saturated carbocycles. The first kappa shape index (κ1) is 12.9. The van der Waals surface area contributed by atoms with Crippen molar-refractivity contribution in [1.29, 1.82) is 0 Å². The summed E-state index contributed by atoms with van der Waals surface area (Å²) in [5.74, 6) is 0.748. The molecule has 0 aliphatic carbocycles. The molecule has 3 heteroatoms. The fourth-order valence-corrected chi connectivity index (χ4v) is 2.44. The summed E-state index contributed by atoms with van der Waals surface area (Å²) in [5.41, 5.74) is 0.475. The third-order valence-electron chi connectivity index (χ3n) is 3.76. The molecule has 0 spiro atoms. The van der Waals surface area contributed by atoms with Crippen molar-refractivity contribution in [3.8, 4) is 0 Å². The number of rotatable bonds is 6. The quantitative estimate of drug-likeness (QED) is 0.719. The second-order valence-corrected chi connectivity index (χ2v) is 5.17. The zero-order chi connectivity index (χ0) is 11.3. The molecule has 1 saturated heterocycles. The molecule has 1 unspecified atom stereocenters. The summed E-state index contributed by atoms with van der Waals surface area (Å²) >= 11 is 0. The molecule has 0 bridgehead atoms. The van der Waals surface area contributed by atoms with Crippen molar-refractivity contribution in [2.45, 2.75) is 20.3 Å². The van der Waals surface area contributed by atoms with Crippen LogP contribution in [-0.2, 0) is 4.74 Å². The van der Waals surface area contributed by atoms with Gasteiger partial charge in [0.05, 0.1) is 6.61 Å². The summed E-state index contributed by atoms with van der Waals surface area (Å²) in [7, 11) is 3.96. The minimum atomic E-state index is 0.475. The molecule has 90 valence electrons. The van der Waals surface area contributed by atoms with Crippen LogP contribution in [0.2, 0.25) is 0 Å². The molecule has 0 amide bonds. The maximum Gasteiger partial charge on any atom is 0.0589 e. The van der Waals surface area contributed by atoms with Crippen molar-refractivity contribution >= 4 is 0 Å². The monoisotopic (exact) mass is 214 g/mol. The Kier molecular flexibility index (Phi) is 5.03. The van der Waals surface area contributed by atoms with E-state index in [0.29, 0.717) is 5.41 Å². The van der Waals surface area contributed by atoms with Crippen molar-refractivity contribution in [3.63, 3.8) is 0 Å². The zero-order valence-electron chi connectivity index (χ0n) is 10.7. The van der Waals surface area contributed by atoms with Crippen LogP contribution < -0.4 is 5.32 Å². The normalized spacial score (nSPS) is 26.8. The van der Waals surface area contributed by atoms with Gasteiger partial charge < -0.3 is 15.0 Å². The predicted octanol–water partition coefficient (Wildman–Crippen LogP) is 1.20. The molecule has 1 aliphatic rings. The Morgan fingerprint density at radius 2 is 2.20 bits per heavy atom. The van der Waals surface area contributed by atoms with Crippen LogP contribution in [0.25, 0.3) is 0 Å². The average molecular weight is 214 g/mol. The van der Waals surface area contributed by atoms with Crippen LogP contribution in [0.15, 0.2) is 0 Å². The summed E-state index contributed by atoms with van der Waals surface area (Å²) in [5, 5.41) is 3.50. The van der Waals surface area contributed by atoms with E-state index in [1.165, 1.54) is 26.1 Å². The molecule has 0 aromatic carbocycles.